The Morgan fingerprint density at radius 1 is 0.860 bits per heavy atom. The van der Waals surface area contributed by atoms with E-state index in [0.717, 1.165) is 33.4 Å². The second-order valence-corrected chi connectivity index (χ2v) is 12.3. The van der Waals surface area contributed by atoms with Gasteiger partial charge in [0.1, 0.15) is 18.0 Å². The van der Waals surface area contributed by atoms with Gasteiger partial charge in [-0.05, 0) is 61.6 Å². The summed E-state index contributed by atoms with van der Waals surface area (Å²) in [5, 5.41) is 16.3. The number of pyridine rings is 1. The first-order chi connectivity index (χ1) is 20.4. The number of hydrogen-bond donors (Lipinski definition) is 3. The van der Waals surface area contributed by atoms with Gasteiger partial charge in [-0.25, -0.2) is 14.6 Å². The summed E-state index contributed by atoms with van der Waals surface area (Å²) in [5.74, 6) is 0.370. The molecule has 1 aromatic heterocycles. The first-order valence-electron chi connectivity index (χ1n) is 14.3. The molecule has 3 N–H and O–H groups in total. The lowest BCUT2D eigenvalue weighted by atomic mass is 9.62. The predicted octanol–water partition coefficient (Wildman–Crippen LogP) is 7.43. The minimum atomic E-state index is -0.886. The molecule has 1 aliphatic rings. The largest absolute Gasteiger partial charge is 0.444 e. The van der Waals surface area contributed by atoms with Crippen molar-refractivity contribution in [3.05, 3.63) is 108 Å². The van der Waals surface area contributed by atoms with Gasteiger partial charge in [0.05, 0.1) is 11.1 Å². The average Bonchev–Trinajstić information content (AvgIpc) is 2.95. The number of nitrogens with one attached hydrogen (secondary N) is 2. The number of carbonyl (C=O) groups excluding carboxylic acids is 2. The van der Waals surface area contributed by atoms with E-state index in [1.165, 1.54) is 0 Å². The lowest BCUT2D eigenvalue weighted by molar-refractivity contribution is -0.0892. The number of aliphatic hydroxyl groups is 1. The normalized spacial score (nSPS) is 19.6. The number of benzene rings is 3. The maximum Gasteiger partial charge on any atom is 0.413 e. The van der Waals surface area contributed by atoms with Crippen LogP contribution in [0, 0.1) is 0 Å². The quantitative estimate of drug-likeness (QED) is 0.210. The molecule has 8 nitrogen and oxygen atoms in total. The van der Waals surface area contributed by atoms with Crippen molar-refractivity contribution in [1.82, 2.24) is 10.3 Å². The fourth-order valence-corrected chi connectivity index (χ4v) is 5.56. The molecule has 1 aliphatic carbocycles. The molecule has 1 heterocycles. The molecule has 0 saturated heterocycles. The summed E-state index contributed by atoms with van der Waals surface area (Å²) in [6, 6.07) is 29.0. The van der Waals surface area contributed by atoms with Crippen LogP contribution in [0.25, 0.3) is 22.3 Å². The zero-order chi connectivity index (χ0) is 30.7. The molecular weight excluding hydrogens is 542 g/mol. The second-order valence-electron chi connectivity index (χ2n) is 12.3. The molecule has 0 aliphatic heterocycles. The summed E-state index contributed by atoms with van der Waals surface area (Å²) in [5.41, 5.74) is 3.13. The van der Waals surface area contributed by atoms with E-state index < -0.39 is 28.9 Å². The number of aromatic nitrogens is 1. The first kappa shape index (κ1) is 29.8. The maximum absolute atomic E-state index is 12.7. The monoisotopic (exact) mass is 579 g/mol. The molecular formula is C35H37N3O5. The van der Waals surface area contributed by atoms with E-state index in [9.17, 15) is 14.7 Å². The van der Waals surface area contributed by atoms with E-state index in [1.54, 1.807) is 13.1 Å². The number of alkyl carbamates (subject to hydrolysis) is 1. The molecule has 43 heavy (non-hydrogen) atoms. The Bertz CT molecular complexity index is 1570. The van der Waals surface area contributed by atoms with Crippen molar-refractivity contribution in [3.63, 3.8) is 0 Å². The van der Waals surface area contributed by atoms with Crippen molar-refractivity contribution >= 4 is 18.0 Å². The summed E-state index contributed by atoms with van der Waals surface area (Å²) < 4.78 is 10.9. The third-order valence-electron chi connectivity index (χ3n) is 7.29. The molecule has 0 spiro atoms. The van der Waals surface area contributed by atoms with Crippen molar-refractivity contribution in [2.75, 3.05) is 5.32 Å². The summed E-state index contributed by atoms with van der Waals surface area (Å²) in [6.07, 6.45) is 1.36. The lowest BCUT2D eigenvalue weighted by Crippen LogP contribution is -2.62. The van der Waals surface area contributed by atoms with Crippen LogP contribution in [0.4, 0.5) is 15.4 Å². The van der Waals surface area contributed by atoms with Crippen molar-refractivity contribution in [2.24, 2.45) is 0 Å². The molecule has 1 fully saturated rings. The molecule has 5 rings (SSSR count). The molecule has 1 saturated carbocycles. The van der Waals surface area contributed by atoms with Crippen LogP contribution in [0.1, 0.15) is 51.7 Å². The van der Waals surface area contributed by atoms with Gasteiger partial charge in [-0.1, -0.05) is 84.9 Å². The van der Waals surface area contributed by atoms with Crippen molar-refractivity contribution < 1.29 is 24.2 Å². The summed E-state index contributed by atoms with van der Waals surface area (Å²) >= 11 is 0. The molecule has 0 atom stereocenters. The average molecular weight is 580 g/mol. The van der Waals surface area contributed by atoms with E-state index in [0.29, 0.717) is 18.7 Å². The molecule has 222 valence electrons. The van der Waals surface area contributed by atoms with E-state index in [2.05, 4.69) is 15.6 Å². The van der Waals surface area contributed by atoms with Crippen LogP contribution in [-0.2, 0) is 21.6 Å². The van der Waals surface area contributed by atoms with Gasteiger partial charge in [0.25, 0.3) is 0 Å². The Balaban J connectivity index is 1.39. The van der Waals surface area contributed by atoms with Crippen LogP contribution in [0.5, 0.6) is 0 Å². The molecule has 2 amide bonds. The number of rotatable bonds is 7. The number of hydrogen-bond acceptors (Lipinski definition) is 6. The molecule has 0 unspecified atom stereocenters. The predicted molar refractivity (Wildman–Crippen MR) is 166 cm³/mol. The van der Waals surface area contributed by atoms with Crippen LogP contribution >= 0.6 is 0 Å². The lowest BCUT2D eigenvalue weighted by Gasteiger charge is -2.52. The summed E-state index contributed by atoms with van der Waals surface area (Å²) in [4.78, 5) is 29.7. The molecule has 0 radical (unpaired) electrons. The van der Waals surface area contributed by atoms with Crippen molar-refractivity contribution in [3.8, 4) is 22.3 Å². The van der Waals surface area contributed by atoms with E-state index in [4.69, 9.17) is 9.47 Å². The van der Waals surface area contributed by atoms with Crippen LogP contribution < -0.4 is 10.6 Å². The minimum absolute atomic E-state index is 0.155. The zero-order valence-corrected chi connectivity index (χ0v) is 24.9. The SMILES string of the molecule is CC1(O)CC(NC(=O)OC(C)(C)C)(c2ccc(-c3cnc(NC(=O)OCc4ccccc4)cc3-c3ccccc3)cc2)C1. The molecule has 0 bridgehead atoms. The molecule has 8 heteroatoms. The van der Waals surface area contributed by atoms with E-state index in [-0.39, 0.29) is 6.61 Å². The fraction of sp³-hybridized carbons (Fsp3) is 0.286. The van der Waals surface area contributed by atoms with Crippen molar-refractivity contribution in [2.45, 2.75) is 63.9 Å². The number of anilines is 1. The number of amides is 2. The van der Waals surface area contributed by atoms with Gasteiger partial charge in [0.15, 0.2) is 0 Å². The minimum Gasteiger partial charge on any atom is -0.444 e. The Kier molecular flexibility index (Phi) is 8.24. The molecule has 4 aromatic rings. The number of carbonyl (C=O) groups is 2. The van der Waals surface area contributed by atoms with Gasteiger partial charge in [0, 0.05) is 24.6 Å². The van der Waals surface area contributed by atoms with Gasteiger partial charge >= 0.3 is 12.2 Å². The van der Waals surface area contributed by atoms with Crippen LogP contribution in [-0.4, -0.2) is 33.5 Å². The van der Waals surface area contributed by atoms with Gasteiger partial charge in [0.2, 0.25) is 0 Å². The Morgan fingerprint density at radius 2 is 1.47 bits per heavy atom. The highest BCUT2D eigenvalue weighted by Crippen LogP contribution is 2.48. The van der Waals surface area contributed by atoms with Crippen LogP contribution in [0.3, 0.4) is 0 Å². The van der Waals surface area contributed by atoms with Crippen molar-refractivity contribution in [1.29, 1.82) is 0 Å². The summed E-state index contributed by atoms with van der Waals surface area (Å²) in [6.45, 7) is 7.37. The third-order valence-corrected chi connectivity index (χ3v) is 7.29. The number of ether oxygens (including phenoxy) is 2. The zero-order valence-electron chi connectivity index (χ0n) is 24.9. The topological polar surface area (TPSA) is 110 Å². The van der Waals surface area contributed by atoms with Crippen LogP contribution in [0.15, 0.2) is 97.2 Å². The highest BCUT2D eigenvalue weighted by atomic mass is 16.6. The van der Waals surface area contributed by atoms with Gasteiger partial charge in [-0.15, -0.1) is 0 Å². The van der Waals surface area contributed by atoms with E-state index in [1.807, 2.05) is 112 Å². The molecule has 3 aromatic carbocycles. The van der Waals surface area contributed by atoms with Crippen LogP contribution in [0.2, 0.25) is 0 Å². The van der Waals surface area contributed by atoms with Gasteiger partial charge < -0.3 is 19.9 Å². The number of nitrogens with zero attached hydrogens (tertiary/aromatic N) is 1. The van der Waals surface area contributed by atoms with E-state index >= 15 is 0 Å². The highest BCUT2D eigenvalue weighted by molar-refractivity contribution is 5.88. The maximum atomic E-state index is 12.7. The fourth-order valence-electron chi connectivity index (χ4n) is 5.56. The third kappa shape index (κ3) is 7.40. The Labute approximate surface area is 252 Å². The standard InChI is InChI=1S/C35H37N3O5/c1-33(2,3)43-32(40)38-35(22-34(4,41)23-35)27-17-15-26(16-18-27)29-20-36-30(19-28(29)25-13-9-6-10-14-25)37-31(39)42-21-24-11-7-5-8-12-24/h5-20,41H,21-23H2,1-4H3,(H,38,40)(H,36,37,39). The Morgan fingerprint density at radius 3 is 2.07 bits per heavy atom. The Hall–Kier alpha value is -4.69. The van der Waals surface area contributed by atoms with Gasteiger partial charge in [-0.3, -0.25) is 5.32 Å². The highest BCUT2D eigenvalue weighted by Gasteiger charge is 2.53. The summed E-state index contributed by atoms with van der Waals surface area (Å²) in [7, 11) is 0. The first-order valence-corrected chi connectivity index (χ1v) is 14.3. The smallest absolute Gasteiger partial charge is 0.413 e. The second kappa shape index (κ2) is 11.9. The van der Waals surface area contributed by atoms with Gasteiger partial charge in [-0.2, -0.15) is 0 Å².